The van der Waals surface area contributed by atoms with E-state index in [-0.39, 0.29) is 18.0 Å². The van der Waals surface area contributed by atoms with Gasteiger partial charge in [0, 0.05) is 39.3 Å². The summed E-state index contributed by atoms with van der Waals surface area (Å²) >= 11 is 0. The van der Waals surface area contributed by atoms with Crippen LogP contribution in [-0.4, -0.2) is 91.4 Å². The average Bonchev–Trinajstić information content (AvgIpc) is 2.73. The van der Waals surface area contributed by atoms with Crippen LogP contribution in [0.4, 0.5) is 9.18 Å². The second-order valence-corrected chi connectivity index (χ2v) is 8.87. The number of morpholine rings is 1. The van der Waals surface area contributed by atoms with Gasteiger partial charge < -0.3 is 25.0 Å². The summed E-state index contributed by atoms with van der Waals surface area (Å²) in [6.07, 6.45) is -0.304. The Morgan fingerprint density at radius 2 is 1.81 bits per heavy atom. The van der Waals surface area contributed by atoms with Gasteiger partial charge in [0.15, 0.2) is 5.96 Å². The average molecular weight is 436 g/mol. The number of carbonyl (C=O) groups excluding carboxylic acids is 1. The summed E-state index contributed by atoms with van der Waals surface area (Å²) in [5.74, 6) is 0.185. The van der Waals surface area contributed by atoms with E-state index in [1.165, 1.54) is 6.07 Å². The zero-order valence-electron chi connectivity index (χ0n) is 18.7. The first-order valence-corrected chi connectivity index (χ1v) is 10.8. The van der Waals surface area contributed by atoms with Crippen molar-refractivity contribution in [1.29, 1.82) is 0 Å². The molecule has 0 bridgehead atoms. The predicted octanol–water partition coefficient (Wildman–Crippen LogP) is 2.07. The van der Waals surface area contributed by atoms with Crippen LogP contribution in [0, 0.1) is 5.82 Å². The number of rotatable bonds is 4. The minimum atomic E-state index is -0.514. The van der Waals surface area contributed by atoms with Crippen LogP contribution >= 0.6 is 0 Å². The Labute approximate surface area is 183 Å². The number of halogens is 1. The first-order valence-electron chi connectivity index (χ1n) is 10.8. The molecule has 2 N–H and O–H groups in total. The van der Waals surface area contributed by atoms with E-state index in [1.54, 1.807) is 17.0 Å². The highest BCUT2D eigenvalue weighted by Gasteiger charge is 2.27. The van der Waals surface area contributed by atoms with Gasteiger partial charge in [-0.2, -0.15) is 0 Å². The van der Waals surface area contributed by atoms with Crippen molar-refractivity contribution in [1.82, 2.24) is 14.7 Å². The Balaban J connectivity index is 1.61. The number of hydrogen-bond donors (Lipinski definition) is 1. The highest BCUT2D eigenvalue weighted by molar-refractivity contribution is 5.78. The summed E-state index contributed by atoms with van der Waals surface area (Å²) in [5.41, 5.74) is 6.65. The first kappa shape index (κ1) is 23.3. The van der Waals surface area contributed by atoms with E-state index in [4.69, 9.17) is 15.2 Å². The fourth-order valence-corrected chi connectivity index (χ4v) is 3.76. The monoisotopic (exact) mass is 435 g/mol. The summed E-state index contributed by atoms with van der Waals surface area (Å²) in [5, 5.41) is 0. The van der Waals surface area contributed by atoms with E-state index in [2.05, 4.69) is 9.89 Å². The second-order valence-electron chi connectivity index (χ2n) is 8.87. The predicted molar refractivity (Wildman–Crippen MR) is 117 cm³/mol. The van der Waals surface area contributed by atoms with Gasteiger partial charge >= 0.3 is 6.09 Å². The molecule has 2 aliphatic heterocycles. The molecule has 2 fully saturated rings. The number of amides is 1. The molecule has 0 saturated carbocycles. The van der Waals surface area contributed by atoms with Gasteiger partial charge in [-0.3, -0.25) is 9.89 Å². The molecule has 1 aromatic rings. The Morgan fingerprint density at radius 1 is 1.16 bits per heavy atom. The summed E-state index contributed by atoms with van der Waals surface area (Å²) in [6, 6.07) is 6.59. The third-order valence-corrected chi connectivity index (χ3v) is 5.40. The molecule has 2 heterocycles. The number of carbonyl (C=O) groups is 1. The largest absolute Gasteiger partial charge is 0.444 e. The van der Waals surface area contributed by atoms with Gasteiger partial charge in [-0.1, -0.05) is 12.1 Å². The van der Waals surface area contributed by atoms with Gasteiger partial charge in [0.25, 0.3) is 0 Å². The highest BCUT2D eigenvalue weighted by atomic mass is 19.1. The van der Waals surface area contributed by atoms with Crippen LogP contribution in [0.15, 0.2) is 29.3 Å². The number of guanidine groups is 1. The molecule has 0 radical (unpaired) electrons. The van der Waals surface area contributed by atoms with Gasteiger partial charge in [0.05, 0.1) is 25.8 Å². The lowest BCUT2D eigenvalue weighted by molar-refractivity contribution is 0.0171. The van der Waals surface area contributed by atoms with Crippen molar-refractivity contribution in [2.24, 2.45) is 10.7 Å². The molecular weight excluding hydrogens is 401 g/mol. The van der Waals surface area contributed by atoms with E-state index >= 15 is 0 Å². The molecule has 1 amide bonds. The minimum absolute atomic E-state index is 0.0683. The van der Waals surface area contributed by atoms with Crippen LogP contribution < -0.4 is 5.73 Å². The van der Waals surface area contributed by atoms with E-state index in [0.29, 0.717) is 51.9 Å². The maximum absolute atomic E-state index is 13.8. The number of nitrogens with zero attached hydrogens (tertiary/aromatic N) is 4. The van der Waals surface area contributed by atoms with Crippen molar-refractivity contribution in [2.75, 3.05) is 59.0 Å². The molecule has 0 spiro atoms. The molecule has 1 atom stereocenters. The number of ether oxygens (including phenoxy) is 2. The fourth-order valence-electron chi connectivity index (χ4n) is 3.76. The summed E-state index contributed by atoms with van der Waals surface area (Å²) in [6.45, 7) is 11.1. The molecule has 8 nitrogen and oxygen atoms in total. The van der Waals surface area contributed by atoms with Crippen molar-refractivity contribution >= 4 is 12.1 Å². The summed E-state index contributed by atoms with van der Waals surface area (Å²) < 4.78 is 24.7. The quantitative estimate of drug-likeness (QED) is 0.576. The molecule has 1 aromatic carbocycles. The Kier molecular flexibility index (Phi) is 7.72. The van der Waals surface area contributed by atoms with Crippen LogP contribution in [0.3, 0.4) is 0 Å². The van der Waals surface area contributed by atoms with Crippen molar-refractivity contribution in [3.8, 4) is 0 Å². The lowest BCUT2D eigenvalue weighted by atomic mass is 10.0. The Morgan fingerprint density at radius 3 is 2.42 bits per heavy atom. The van der Waals surface area contributed by atoms with Crippen molar-refractivity contribution in [3.63, 3.8) is 0 Å². The van der Waals surface area contributed by atoms with Crippen LogP contribution in [0.1, 0.15) is 32.4 Å². The Bertz CT molecular complexity index is 769. The third-order valence-electron chi connectivity index (χ3n) is 5.40. The maximum Gasteiger partial charge on any atom is 0.410 e. The van der Waals surface area contributed by atoms with Crippen LogP contribution in [0.2, 0.25) is 0 Å². The number of nitrogens with two attached hydrogens (primary N) is 1. The van der Waals surface area contributed by atoms with Gasteiger partial charge in [0.2, 0.25) is 0 Å². The molecule has 0 aliphatic carbocycles. The van der Waals surface area contributed by atoms with E-state index in [0.717, 1.165) is 18.7 Å². The fraction of sp³-hybridized carbons (Fsp3) is 0.636. The third kappa shape index (κ3) is 6.80. The molecule has 3 rings (SSSR count). The molecule has 0 aromatic heterocycles. The van der Waals surface area contributed by atoms with Crippen molar-refractivity contribution < 1.29 is 18.7 Å². The molecule has 9 heteroatoms. The van der Waals surface area contributed by atoms with Crippen LogP contribution in [0.5, 0.6) is 0 Å². The number of hydrogen-bond acceptors (Lipinski definition) is 5. The molecule has 172 valence electrons. The lowest BCUT2D eigenvalue weighted by Crippen LogP contribution is -2.53. The standard InChI is InChI=1S/C22H34FN5O3/c1-22(2,3)31-21(29)28-9-7-27(8-10-28)20(24)25-16-19(26-11-13-30-14-12-26)17-5-4-6-18(23)15-17/h4-6,15,19H,7-14,16H2,1-3H3,(H2,24,25). The lowest BCUT2D eigenvalue weighted by Gasteiger charge is -2.37. The van der Waals surface area contributed by atoms with E-state index < -0.39 is 5.60 Å². The van der Waals surface area contributed by atoms with Gasteiger partial charge in [-0.05, 0) is 38.5 Å². The van der Waals surface area contributed by atoms with Gasteiger partial charge in [-0.15, -0.1) is 0 Å². The van der Waals surface area contributed by atoms with Crippen molar-refractivity contribution in [3.05, 3.63) is 35.6 Å². The van der Waals surface area contributed by atoms with Crippen molar-refractivity contribution in [2.45, 2.75) is 32.4 Å². The normalized spacial score (nSPS) is 19.9. The Hall–Kier alpha value is -2.39. The number of aliphatic imine (C=N–C) groups is 1. The van der Waals surface area contributed by atoms with E-state index in [9.17, 15) is 9.18 Å². The zero-order chi connectivity index (χ0) is 22.4. The molecule has 1 unspecified atom stereocenters. The molecule has 2 saturated heterocycles. The minimum Gasteiger partial charge on any atom is -0.444 e. The van der Waals surface area contributed by atoms with Crippen LogP contribution in [0.25, 0.3) is 0 Å². The van der Waals surface area contributed by atoms with Gasteiger partial charge in [-0.25, -0.2) is 9.18 Å². The zero-order valence-corrected chi connectivity index (χ0v) is 18.7. The maximum atomic E-state index is 13.8. The number of benzene rings is 1. The SMILES string of the molecule is CC(C)(C)OC(=O)N1CCN(C(N)=NCC(c2cccc(F)c2)N2CCOCC2)CC1. The van der Waals surface area contributed by atoms with Gasteiger partial charge in [0.1, 0.15) is 11.4 Å². The summed E-state index contributed by atoms with van der Waals surface area (Å²) in [7, 11) is 0. The summed E-state index contributed by atoms with van der Waals surface area (Å²) in [4.78, 5) is 22.8. The molecule has 31 heavy (non-hydrogen) atoms. The second kappa shape index (κ2) is 10.3. The smallest absolute Gasteiger partial charge is 0.410 e. The highest BCUT2D eigenvalue weighted by Crippen LogP contribution is 2.23. The topological polar surface area (TPSA) is 83.6 Å². The number of piperazine rings is 1. The molecular formula is C22H34FN5O3. The van der Waals surface area contributed by atoms with Crippen LogP contribution in [-0.2, 0) is 9.47 Å². The first-order chi connectivity index (χ1) is 14.7. The molecule has 2 aliphatic rings. The van der Waals surface area contributed by atoms with E-state index in [1.807, 2.05) is 31.7 Å².